The molecule has 1 saturated heterocycles. The van der Waals surface area contributed by atoms with Crippen LogP contribution in [0, 0.1) is 5.92 Å². The van der Waals surface area contributed by atoms with E-state index in [0.29, 0.717) is 6.54 Å². The van der Waals surface area contributed by atoms with Gasteiger partial charge in [0.05, 0.1) is 11.4 Å². The second kappa shape index (κ2) is 3.51. The van der Waals surface area contributed by atoms with Crippen molar-refractivity contribution < 1.29 is 13.2 Å². The van der Waals surface area contributed by atoms with Crippen LogP contribution in [0.4, 0.5) is 13.2 Å². The highest BCUT2D eigenvalue weighted by molar-refractivity contribution is 7.09. The van der Waals surface area contributed by atoms with E-state index >= 15 is 0 Å². The Labute approximate surface area is 83.4 Å². The summed E-state index contributed by atoms with van der Waals surface area (Å²) in [7, 11) is 0. The minimum absolute atomic E-state index is 0.126. The van der Waals surface area contributed by atoms with Gasteiger partial charge in [-0.3, -0.25) is 9.88 Å². The zero-order valence-corrected chi connectivity index (χ0v) is 8.11. The molecule has 1 aromatic rings. The molecule has 1 aromatic heterocycles. The maximum atomic E-state index is 12.1. The first-order valence-electron chi connectivity index (χ1n) is 4.22. The maximum absolute atomic E-state index is 12.1. The fourth-order valence-electron chi connectivity index (χ4n) is 1.45. The van der Waals surface area contributed by atoms with E-state index in [1.54, 1.807) is 16.6 Å². The van der Waals surface area contributed by atoms with Gasteiger partial charge in [0, 0.05) is 30.7 Å². The minimum atomic E-state index is -4.02. The Morgan fingerprint density at radius 2 is 2.21 bits per heavy atom. The Bertz CT molecular complexity index is 290. The zero-order chi connectivity index (χ0) is 10.2. The van der Waals surface area contributed by atoms with E-state index < -0.39 is 12.1 Å². The summed E-state index contributed by atoms with van der Waals surface area (Å²) < 4.78 is 36.3. The molecule has 0 aliphatic carbocycles. The van der Waals surface area contributed by atoms with E-state index in [9.17, 15) is 13.2 Å². The molecule has 0 radical (unpaired) electrons. The van der Waals surface area contributed by atoms with E-state index in [4.69, 9.17) is 0 Å². The highest BCUT2D eigenvalue weighted by atomic mass is 32.1. The molecule has 0 unspecified atom stereocenters. The molecule has 0 saturated carbocycles. The predicted octanol–water partition coefficient (Wildman–Crippen LogP) is 2.14. The van der Waals surface area contributed by atoms with Gasteiger partial charge >= 0.3 is 6.18 Å². The second-order valence-electron chi connectivity index (χ2n) is 3.40. The van der Waals surface area contributed by atoms with Gasteiger partial charge < -0.3 is 0 Å². The second-order valence-corrected chi connectivity index (χ2v) is 4.37. The summed E-state index contributed by atoms with van der Waals surface area (Å²) in [6.45, 7) is 0.847. The topological polar surface area (TPSA) is 16.1 Å². The van der Waals surface area contributed by atoms with Gasteiger partial charge in [0.1, 0.15) is 0 Å². The number of nitrogens with zero attached hydrogens (tertiary/aromatic N) is 2. The summed E-state index contributed by atoms with van der Waals surface area (Å²) in [5.74, 6) is -1.13. The van der Waals surface area contributed by atoms with E-state index in [-0.39, 0.29) is 13.1 Å². The quantitative estimate of drug-likeness (QED) is 0.762. The Hall–Kier alpha value is -0.620. The smallest absolute Gasteiger partial charge is 0.297 e. The molecule has 0 amide bonds. The van der Waals surface area contributed by atoms with Crippen LogP contribution >= 0.6 is 11.3 Å². The van der Waals surface area contributed by atoms with E-state index in [1.807, 2.05) is 0 Å². The first-order valence-corrected chi connectivity index (χ1v) is 5.10. The average molecular weight is 222 g/mol. The monoisotopic (exact) mass is 222 g/mol. The number of hydrogen-bond acceptors (Lipinski definition) is 3. The number of hydrogen-bond donors (Lipinski definition) is 0. The summed E-state index contributed by atoms with van der Waals surface area (Å²) in [5.41, 5.74) is 1.69. The minimum Gasteiger partial charge on any atom is -0.297 e. The van der Waals surface area contributed by atoms with Gasteiger partial charge in [0.25, 0.3) is 0 Å². The highest BCUT2D eigenvalue weighted by Gasteiger charge is 2.46. The number of thiazole rings is 1. The van der Waals surface area contributed by atoms with E-state index in [0.717, 1.165) is 4.88 Å². The van der Waals surface area contributed by atoms with Crippen molar-refractivity contribution in [3.63, 3.8) is 0 Å². The summed E-state index contributed by atoms with van der Waals surface area (Å²) >= 11 is 1.48. The van der Waals surface area contributed by atoms with E-state index in [2.05, 4.69) is 4.98 Å². The normalized spacial score (nSPS) is 19.6. The van der Waals surface area contributed by atoms with Crippen LogP contribution < -0.4 is 0 Å². The molecule has 0 aromatic carbocycles. The van der Waals surface area contributed by atoms with Crippen LogP contribution in [-0.2, 0) is 6.54 Å². The predicted molar refractivity (Wildman–Crippen MR) is 46.9 cm³/mol. The molecule has 0 atom stereocenters. The Balaban J connectivity index is 1.79. The molecule has 0 spiro atoms. The molecule has 78 valence electrons. The van der Waals surface area contributed by atoms with Crippen LogP contribution in [0.5, 0.6) is 0 Å². The number of halogens is 3. The third kappa shape index (κ3) is 2.06. The Morgan fingerprint density at radius 1 is 1.50 bits per heavy atom. The fourth-order valence-corrected chi connectivity index (χ4v) is 2.08. The highest BCUT2D eigenvalue weighted by Crippen LogP contribution is 2.34. The van der Waals surface area contributed by atoms with Crippen molar-refractivity contribution in [3.8, 4) is 0 Å². The molecule has 2 rings (SSSR count). The average Bonchev–Trinajstić information content (AvgIpc) is 2.44. The lowest BCUT2D eigenvalue weighted by Crippen LogP contribution is -2.52. The molecule has 2 heterocycles. The van der Waals surface area contributed by atoms with Crippen molar-refractivity contribution in [3.05, 3.63) is 16.6 Å². The molecule has 2 nitrogen and oxygen atoms in total. The summed E-state index contributed by atoms with van der Waals surface area (Å²) in [4.78, 5) is 6.67. The molecule has 6 heteroatoms. The van der Waals surface area contributed by atoms with Gasteiger partial charge in [-0.15, -0.1) is 11.3 Å². The number of likely N-dealkylation sites (tertiary alicyclic amines) is 1. The first-order chi connectivity index (χ1) is 6.55. The lowest BCUT2D eigenvalue weighted by atomic mass is 10.00. The number of rotatable bonds is 2. The first kappa shape index (κ1) is 9.92. The molecule has 0 bridgehead atoms. The lowest BCUT2D eigenvalue weighted by Gasteiger charge is -2.39. The molecule has 0 N–H and O–H groups in total. The summed E-state index contributed by atoms with van der Waals surface area (Å²) in [5, 5.41) is 0. The molecule has 14 heavy (non-hydrogen) atoms. The standard InChI is InChI=1S/C8H9F3N2S/c9-8(10,11)6-2-13(3-6)4-7-1-12-5-14-7/h1,5-6H,2-4H2. The van der Waals surface area contributed by atoms with Crippen molar-refractivity contribution in [2.75, 3.05) is 13.1 Å². The third-order valence-corrected chi connectivity index (χ3v) is 3.05. The number of aromatic nitrogens is 1. The molecular weight excluding hydrogens is 213 g/mol. The van der Waals surface area contributed by atoms with Gasteiger partial charge in [-0.1, -0.05) is 0 Å². The zero-order valence-electron chi connectivity index (χ0n) is 7.29. The van der Waals surface area contributed by atoms with Crippen molar-refractivity contribution in [1.29, 1.82) is 0 Å². The largest absolute Gasteiger partial charge is 0.394 e. The van der Waals surface area contributed by atoms with E-state index in [1.165, 1.54) is 11.3 Å². The number of alkyl halides is 3. The van der Waals surface area contributed by atoms with Crippen molar-refractivity contribution in [2.24, 2.45) is 5.92 Å². The van der Waals surface area contributed by atoms with Crippen molar-refractivity contribution >= 4 is 11.3 Å². The van der Waals surface area contributed by atoms with Crippen LogP contribution in [0.1, 0.15) is 4.88 Å². The van der Waals surface area contributed by atoms with Gasteiger partial charge in [0.15, 0.2) is 0 Å². The summed E-state index contributed by atoms with van der Waals surface area (Å²) in [6, 6.07) is 0. The Morgan fingerprint density at radius 3 is 2.71 bits per heavy atom. The lowest BCUT2D eigenvalue weighted by molar-refractivity contribution is -0.210. The van der Waals surface area contributed by atoms with Crippen molar-refractivity contribution in [1.82, 2.24) is 9.88 Å². The van der Waals surface area contributed by atoms with Crippen LogP contribution in [0.2, 0.25) is 0 Å². The van der Waals surface area contributed by atoms with Crippen LogP contribution in [0.15, 0.2) is 11.7 Å². The molecule has 1 fully saturated rings. The van der Waals surface area contributed by atoms with Crippen LogP contribution in [0.25, 0.3) is 0 Å². The van der Waals surface area contributed by atoms with Gasteiger partial charge in [-0.25, -0.2) is 0 Å². The molecular formula is C8H9F3N2S. The SMILES string of the molecule is FC(F)(F)C1CN(Cc2cncs2)C1. The molecule has 1 aliphatic rings. The van der Waals surface area contributed by atoms with Gasteiger partial charge in [-0.05, 0) is 0 Å². The van der Waals surface area contributed by atoms with Gasteiger partial charge in [0.2, 0.25) is 0 Å². The van der Waals surface area contributed by atoms with Gasteiger partial charge in [-0.2, -0.15) is 13.2 Å². The fraction of sp³-hybridized carbons (Fsp3) is 0.625. The Kier molecular flexibility index (Phi) is 2.48. The third-order valence-electron chi connectivity index (χ3n) is 2.28. The van der Waals surface area contributed by atoms with Crippen molar-refractivity contribution in [2.45, 2.75) is 12.7 Å². The maximum Gasteiger partial charge on any atom is 0.394 e. The molecule has 1 aliphatic heterocycles. The van der Waals surface area contributed by atoms with Crippen LogP contribution in [0.3, 0.4) is 0 Å². The van der Waals surface area contributed by atoms with Crippen LogP contribution in [-0.4, -0.2) is 29.1 Å². The summed E-state index contributed by atoms with van der Waals surface area (Å²) in [6.07, 6.45) is -2.32.